The molecular weight excluding hydrogens is 234 g/mol. The minimum atomic E-state index is -3.25. The van der Waals surface area contributed by atoms with Gasteiger partial charge in [-0.2, -0.15) is 0 Å². The van der Waals surface area contributed by atoms with E-state index in [-0.39, 0.29) is 5.25 Å². The molecule has 1 aromatic rings. The van der Waals surface area contributed by atoms with Gasteiger partial charge in [0.25, 0.3) is 0 Å². The topological polar surface area (TPSA) is 46.2 Å². The van der Waals surface area contributed by atoms with Crippen molar-refractivity contribution in [2.45, 2.75) is 45.3 Å². The number of nitrogens with one attached hydrogen (secondary N) is 1. The van der Waals surface area contributed by atoms with E-state index in [0.29, 0.717) is 12.1 Å². The van der Waals surface area contributed by atoms with E-state index >= 15 is 0 Å². The van der Waals surface area contributed by atoms with Crippen molar-refractivity contribution in [1.82, 2.24) is 0 Å². The molecule has 1 rings (SSSR count). The molecule has 96 valence electrons. The summed E-state index contributed by atoms with van der Waals surface area (Å²) < 4.78 is 26.5. The molecule has 1 N–H and O–H groups in total. The van der Waals surface area contributed by atoms with Crippen LogP contribution in [0, 0.1) is 0 Å². The molecule has 1 unspecified atom stereocenters. The lowest BCUT2D eigenvalue weighted by Crippen LogP contribution is -2.25. The maximum Gasteiger partial charge on any atom is 0.235 e. The van der Waals surface area contributed by atoms with Crippen molar-refractivity contribution in [2.75, 3.05) is 4.72 Å². The lowest BCUT2D eigenvalue weighted by molar-refractivity contribution is 0.581. The summed E-state index contributed by atoms with van der Waals surface area (Å²) in [4.78, 5) is 0. The minimum Gasteiger partial charge on any atom is -0.283 e. The van der Waals surface area contributed by atoms with Gasteiger partial charge in [-0.25, -0.2) is 8.42 Å². The summed E-state index contributed by atoms with van der Waals surface area (Å²) in [5.74, 6) is 0. The summed E-state index contributed by atoms with van der Waals surface area (Å²) in [6, 6.07) is 7.52. The van der Waals surface area contributed by atoms with Crippen LogP contribution in [0.4, 0.5) is 5.69 Å². The Hall–Kier alpha value is -1.03. The second-order valence-corrected chi connectivity index (χ2v) is 6.40. The van der Waals surface area contributed by atoms with Gasteiger partial charge in [0.15, 0.2) is 0 Å². The van der Waals surface area contributed by atoms with Crippen LogP contribution >= 0.6 is 0 Å². The van der Waals surface area contributed by atoms with Gasteiger partial charge in [-0.1, -0.05) is 32.4 Å². The molecule has 0 amide bonds. The third-order valence-corrected chi connectivity index (χ3v) is 4.66. The Balaban J connectivity index is 2.75. The summed E-state index contributed by atoms with van der Waals surface area (Å²) in [5, 5.41) is -0.349. The highest BCUT2D eigenvalue weighted by Gasteiger charge is 2.19. The maximum atomic E-state index is 11.9. The predicted octanol–water partition coefficient (Wildman–Crippen LogP) is 3.18. The van der Waals surface area contributed by atoms with Crippen LogP contribution in [0.15, 0.2) is 24.3 Å². The fourth-order valence-corrected chi connectivity index (χ4v) is 2.85. The van der Waals surface area contributed by atoms with E-state index in [1.54, 1.807) is 6.92 Å². The molecule has 0 heterocycles. The van der Waals surface area contributed by atoms with Gasteiger partial charge in [0.1, 0.15) is 0 Å². The third kappa shape index (κ3) is 4.04. The fourth-order valence-electron chi connectivity index (χ4n) is 1.64. The van der Waals surface area contributed by atoms with Gasteiger partial charge in [-0.3, -0.25) is 4.72 Å². The SMILES string of the molecule is CCCC(C)S(=O)(=O)Nc1ccc(CC)cc1. The summed E-state index contributed by atoms with van der Waals surface area (Å²) in [7, 11) is -3.25. The monoisotopic (exact) mass is 255 g/mol. The number of rotatable bonds is 6. The van der Waals surface area contributed by atoms with Crippen LogP contribution in [-0.2, 0) is 16.4 Å². The van der Waals surface area contributed by atoms with E-state index in [2.05, 4.69) is 11.6 Å². The molecule has 0 aliphatic heterocycles. The first kappa shape index (κ1) is 14.0. The Bertz CT molecular complexity index is 437. The van der Waals surface area contributed by atoms with Crippen LogP contribution in [0.1, 0.15) is 39.2 Å². The summed E-state index contributed by atoms with van der Waals surface area (Å²) in [6.45, 7) is 5.80. The number of aryl methyl sites for hydroxylation is 1. The molecule has 1 atom stereocenters. The van der Waals surface area contributed by atoms with Crippen LogP contribution < -0.4 is 4.72 Å². The number of hydrogen-bond acceptors (Lipinski definition) is 2. The molecule has 4 heteroatoms. The van der Waals surface area contributed by atoms with Crippen LogP contribution in [0.25, 0.3) is 0 Å². The lowest BCUT2D eigenvalue weighted by atomic mass is 10.2. The molecule has 17 heavy (non-hydrogen) atoms. The Morgan fingerprint density at radius 3 is 2.24 bits per heavy atom. The lowest BCUT2D eigenvalue weighted by Gasteiger charge is -2.14. The zero-order valence-corrected chi connectivity index (χ0v) is 11.5. The van der Waals surface area contributed by atoms with Crippen molar-refractivity contribution >= 4 is 15.7 Å². The van der Waals surface area contributed by atoms with E-state index in [1.807, 2.05) is 31.2 Å². The van der Waals surface area contributed by atoms with Gasteiger partial charge in [0.2, 0.25) is 10.0 Å². The van der Waals surface area contributed by atoms with Gasteiger partial charge in [-0.15, -0.1) is 0 Å². The van der Waals surface area contributed by atoms with Crippen LogP contribution in [0.5, 0.6) is 0 Å². The highest BCUT2D eigenvalue weighted by Crippen LogP contribution is 2.15. The molecule has 1 aromatic carbocycles. The molecule has 0 saturated heterocycles. The van der Waals surface area contributed by atoms with Gasteiger partial charge in [0.05, 0.1) is 5.25 Å². The zero-order chi connectivity index (χ0) is 12.9. The minimum absolute atomic E-state index is 0.349. The number of hydrogen-bond donors (Lipinski definition) is 1. The third-order valence-electron chi connectivity index (χ3n) is 2.85. The average molecular weight is 255 g/mol. The van der Waals surface area contributed by atoms with Gasteiger partial charge >= 0.3 is 0 Å². The molecule has 0 saturated carbocycles. The smallest absolute Gasteiger partial charge is 0.235 e. The molecule has 0 aliphatic carbocycles. The quantitative estimate of drug-likeness (QED) is 0.848. The summed E-state index contributed by atoms with van der Waals surface area (Å²) >= 11 is 0. The highest BCUT2D eigenvalue weighted by molar-refractivity contribution is 7.93. The zero-order valence-electron chi connectivity index (χ0n) is 10.7. The largest absolute Gasteiger partial charge is 0.283 e. The molecule has 0 aliphatic rings. The number of sulfonamides is 1. The van der Waals surface area contributed by atoms with Crippen molar-refractivity contribution < 1.29 is 8.42 Å². The first-order valence-electron chi connectivity index (χ1n) is 6.10. The van der Waals surface area contributed by atoms with Crippen molar-refractivity contribution in [2.24, 2.45) is 0 Å². The van der Waals surface area contributed by atoms with Crippen LogP contribution in [-0.4, -0.2) is 13.7 Å². The van der Waals surface area contributed by atoms with Crippen LogP contribution in [0.2, 0.25) is 0 Å². The highest BCUT2D eigenvalue weighted by atomic mass is 32.2. The van der Waals surface area contributed by atoms with E-state index in [4.69, 9.17) is 0 Å². The van der Waals surface area contributed by atoms with Gasteiger partial charge < -0.3 is 0 Å². The fraction of sp³-hybridized carbons (Fsp3) is 0.538. The molecule has 0 radical (unpaired) electrons. The number of anilines is 1. The molecule has 3 nitrogen and oxygen atoms in total. The number of benzene rings is 1. The second kappa shape index (κ2) is 6.05. The Morgan fingerprint density at radius 1 is 1.18 bits per heavy atom. The van der Waals surface area contributed by atoms with Crippen molar-refractivity contribution in [1.29, 1.82) is 0 Å². The molecule has 0 spiro atoms. The van der Waals surface area contributed by atoms with Crippen molar-refractivity contribution in [3.63, 3.8) is 0 Å². The van der Waals surface area contributed by atoms with Crippen molar-refractivity contribution in [3.8, 4) is 0 Å². The Kier molecular flexibility index (Phi) is 5.00. The summed E-state index contributed by atoms with van der Waals surface area (Å²) in [6.07, 6.45) is 2.51. The maximum absolute atomic E-state index is 11.9. The average Bonchev–Trinajstić information content (AvgIpc) is 2.30. The molecule has 0 fully saturated rings. The van der Waals surface area contributed by atoms with Crippen LogP contribution in [0.3, 0.4) is 0 Å². The van der Waals surface area contributed by atoms with Gasteiger partial charge in [-0.05, 0) is 37.5 Å². The van der Waals surface area contributed by atoms with Crippen molar-refractivity contribution in [3.05, 3.63) is 29.8 Å². The Labute approximate surface area is 104 Å². The molecular formula is C13H21NO2S. The van der Waals surface area contributed by atoms with Gasteiger partial charge in [0, 0.05) is 5.69 Å². The molecule has 0 bridgehead atoms. The summed E-state index contributed by atoms with van der Waals surface area (Å²) in [5.41, 5.74) is 1.85. The van der Waals surface area contributed by atoms with E-state index in [0.717, 1.165) is 12.8 Å². The molecule has 0 aromatic heterocycles. The van der Waals surface area contributed by atoms with E-state index in [9.17, 15) is 8.42 Å². The van der Waals surface area contributed by atoms with E-state index in [1.165, 1.54) is 5.56 Å². The first-order valence-corrected chi connectivity index (χ1v) is 7.64. The Morgan fingerprint density at radius 2 is 1.76 bits per heavy atom. The predicted molar refractivity (Wildman–Crippen MR) is 72.7 cm³/mol. The second-order valence-electron chi connectivity index (χ2n) is 4.30. The standard InChI is InChI=1S/C13H21NO2S/c1-4-6-11(3)17(15,16)14-13-9-7-12(5-2)8-10-13/h7-11,14H,4-6H2,1-3H3. The first-order chi connectivity index (χ1) is 7.99. The van der Waals surface area contributed by atoms with E-state index < -0.39 is 10.0 Å². The normalized spacial score (nSPS) is 13.4.